The number of quaternary nitrogens is 1. The van der Waals surface area contributed by atoms with Gasteiger partial charge in [-0.25, -0.2) is 11.8 Å². The number of likely N-dealkylation sites (N-methyl/N-ethyl adjacent to an activating group) is 1. The Morgan fingerprint density at radius 3 is 1.58 bits per heavy atom. The Bertz CT molecular complexity index is 92.8. The van der Waals surface area contributed by atoms with E-state index in [0.717, 1.165) is 17.6 Å². The summed E-state index contributed by atoms with van der Waals surface area (Å²) >= 11 is 0. The number of rotatable bonds is 6. The first-order valence-corrected chi connectivity index (χ1v) is 3.58. The summed E-state index contributed by atoms with van der Waals surface area (Å²) in [6.07, 6.45) is 0. The van der Waals surface area contributed by atoms with Crippen LogP contribution >= 0.6 is 0 Å². The quantitative estimate of drug-likeness (QED) is 0.296. The van der Waals surface area contributed by atoms with E-state index in [1.807, 2.05) is 0 Å². The maximum absolute atomic E-state index is 4.90. The van der Waals surface area contributed by atoms with Crippen LogP contribution in [0.4, 0.5) is 0 Å². The topological polar surface area (TPSA) is 70.5 Å². The van der Waals surface area contributed by atoms with Gasteiger partial charge >= 0.3 is 0 Å². The van der Waals surface area contributed by atoms with Crippen molar-refractivity contribution in [2.75, 3.05) is 40.4 Å². The van der Waals surface area contributed by atoms with Crippen molar-refractivity contribution in [1.82, 2.24) is 0 Å². The fourth-order valence-electron chi connectivity index (χ4n) is 0.711. The first kappa shape index (κ1) is 15.0. The van der Waals surface area contributed by atoms with Crippen LogP contribution < -0.4 is 35.8 Å². The van der Waals surface area contributed by atoms with Crippen molar-refractivity contribution < 1.29 is 38.1 Å². The van der Waals surface area contributed by atoms with E-state index in [4.69, 9.17) is 11.8 Å². The molecule has 0 aromatic carbocycles. The Hall–Kier alpha value is 0.530. The van der Waals surface area contributed by atoms with E-state index >= 15 is 0 Å². The fourth-order valence-corrected chi connectivity index (χ4v) is 0.711. The highest BCUT2D eigenvalue weighted by Crippen LogP contribution is 1.94. The zero-order valence-electron chi connectivity index (χ0n) is 7.62. The molecule has 0 spiro atoms. The minimum Gasteiger partial charge on any atom is -1.00 e. The molecule has 0 bridgehead atoms. The van der Waals surface area contributed by atoms with E-state index < -0.39 is 0 Å². The second-order valence-corrected chi connectivity index (χ2v) is 3.12. The largest absolute Gasteiger partial charge is 1.00 e. The van der Waals surface area contributed by atoms with Gasteiger partial charge in [0, 0.05) is 0 Å². The molecule has 0 aliphatic rings. The van der Waals surface area contributed by atoms with Crippen LogP contribution in [-0.2, 0) is 9.68 Å². The molecule has 0 saturated heterocycles. The van der Waals surface area contributed by atoms with Gasteiger partial charge in [-0.05, 0) is 0 Å². The van der Waals surface area contributed by atoms with Crippen molar-refractivity contribution in [2.45, 2.75) is 0 Å². The highest BCUT2D eigenvalue weighted by atomic mass is 127. The van der Waals surface area contributed by atoms with Crippen molar-refractivity contribution in [3.05, 3.63) is 0 Å². The first-order valence-electron chi connectivity index (χ1n) is 3.58. The summed E-state index contributed by atoms with van der Waals surface area (Å²) in [6.45, 7) is 2.83. The maximum atomic E-state index is 4.90. The smallest absolute Gasteiger partial charge is 0.117 e. The Labute approximate surface area is 90.5 Å². The van der Waals surface area contributed by atoms with Crippen LogP contribution in [0.25, 0.3) is 0 Å². The van der Waals surface area contributed by atoms with Gasteiger partial charge in [0.05, 0.1) is 14.1 Å². The van der Waals surface area contributed by atoms with E-state index in [1.54, 1.807) is 0 Å². The summed E-state index contributed by atoms with van der Waals surface area (Å²) in [5.74, 6) is 9.80. The van der Waals surface area contributed by atoms with Crippen molar-refractivity contribution in [3.63, 3.8) is 0 Å². The van der Waals surface area contributed by atoms with Crippen LogP contribution in [0.1, 0.15) is 0 Å². The molecule has 0 rings (SSSR count). The van der Waals surface area contributed by atoms with E-state index in [0.29, 0.717) is 13.2 Å². The van der Waals surface area contributed by atoms with Crippen molar-refractivity contribution >= 4 is 0 Å². The molecular formula is C6H18IN3O2. The maximum Gasteiger partial charge on any atom is 0.117 e. The SMILES string of the molecule is C[N+](C)(CCON)CCON.[I-]. The average Bonchev–Trinajstić information content (AvgIpc) is 1.97. The van der Waals surface area contributed by atoms with E-state index in [9.17, 15) is 0 Å². The summed E-state index contributed by atoms with van der Waals surface area (Å²) in [5.41, 5.74) is 0. The van der Waals surface area contributed by atoms with Crippen LogP contribution in [0.15, 0.2) is 0 Å². The van der Waals surface area contributed by atoms with Gasteiger partial charge in [-0.2, -0.15) is 0 Å². The summed E-state index contributed by atoms with van der Waals surface area (Å²) in [6, 6.07) is 0. The van der Waals surface area contributed by atoms with E-state index in [1.165, 1.54) is 0 Å². The average molecular weight is 291 g/mol. The lowest BCUT2D eigenvalue weighted by molar-refractivity contribution is -0.891. The monoisotopic (exact) mass is 291 g/mol. The van der Waals surface area contributed by atoms with Gasteiger partial charge in [0.1, 0.15) is 26.3 Å². The zero-order chi connectivity index (χ0) is 8.74. The molecule has 0 unspecified atom stereocenters. The normalized spacial score (nSPS) is 11.0. The molecule has 76 valence electrons. The predicted octanol–water partition coefficient (Wildman–Crippen LogP) is -4.15. The van der Waals surface area contributed by atoms with Gasteiger partial charge < -0.3 is 28.5 Å². The Morgan fingerprint density at radius 1 is 1.00 bits per heavy atom. The Balaban J connectivity index is 0. The second kappa shape index (κ2) is 8.14. The molecule has 5 nitrogen and oxygen atoms in total. The zero-order valence-corrected chi connectivity index (χ0v) is 9.78. The van der Waals surface area contributed by atoms with Crippen LogP contribution in [0.5, 0.6) is 0 Å². The third kappa shape index (κ3) is 8.62. The van der Waals surface area contributed by atoms with E-state index in [2.05, 4.69) is 23.8 Å². The Morgan fingerprint density at radius 2 is 1.33 bits per heavy atom. The predicted molar refractivity (Wildman–Crippen MR) is 42.1 cm³/mol. The van der Waals surface area contributed by atoms with Gasteiger partial charge in [0.25, 0.3) is 0 Å². The van der Waals surface area contributed by atoms with Crippen molar-refractivity contribution in [1.29, 1.82) is 0 Å². The number of nitrogens with two attached hydrogens (primary N) is 2. The van der Waals surface area contributed by atoms with Crippen molar-refractivity contribution in [3.8, 4) is 0 Å². The molecular weight excluding hydrogens is 273 g/mol. The van der Waals surface area contributed by atoms with Gasteiger partial charge in [-0.3, -0.25) is 9.68 Å². The third-order valence-corrected chi connectivity index (χ3v) is 1.63. The Kier molecular flexibility index (Phi) is 10.2. The molecule has 0 aromatic heterocycles. The number of hydrogen-bond donors (Lipinski definition) is 2. The van der Waals surface area contributed by atoms with Crippen LogP contribution in [0.2, 0.25) is 0 Å². The van der Waals surface area contributed by atoms with Crippen LogP contribution in [0.3, 0.4) is 0 Å². The fraction of sp³-hybridized carbons (Fsp3) is 1.00. The third-order valence-electron chi connectivity index (χ3n) is 1.63. The molecule has 6 heteroatoms. The summed E-state index contributed by atoms with van der Waals surface area (Å²) in [7, 11) is 4.14. The molecule has 4 N–H and O–H groups in total. The standard InChI is InChI=1S/C6H18N3O2.HI/c1-9(2,3-5-10-7)4-6-11-8;/h3-8H2,1-2H3;1H/q+1;/p-1. The van der Waals surface area contributed by atoms with Gasteiger partial charge in [0.2, 0.25) is 0 Å². The lowest BCUT2D eigenvalue weighted by Gasteiger charge is -2.28. The molecule has 0 amide bonds. The summed E-state index contributed by atoms with van der Waals surface area (Å²) in [5, 5.41) is 0. The van der Waals surface area contributed by atoms with E-state index in [-0.39, 0.29) is 24.0 Å². The molecule has 0 radical (unpaired) electrons. The highest BCUT2D eigenvalue weighted by Gasteiger charge is 2.13. The number of halogens is 1. The number of hydrogen-bond acceptors (Lipinski definition) is 4. The summed E-state index contributed by atoms with van der Waals surface area (Å²) < 4.78 is 0.800. The molecule has 0 aliphatic heterocycles. The minimum atomic E-state index is 0. The summed E-state index contributed by atoms with van der Waals surface area (Å²) in [4.78, 5) is 8.94. The first-order chi connectivity index (χ1) is 5.12. The van der Waals surface area contributed by atoms with Gasteiger partial charge in [0.15, 0.2) is 0 Å². The lowest BCUT2D eigenvalue weighted by Crippen LogP contribution is -3.00. The molecule has 12 heavy (non-hydrogen) atoms. The molecule has 0 fully saturated rings. The molecule has 0 aliphatic carbocycles. The van der Waals surface area contributed by atoms with Gasteiger partial charge in [-0.15, -0.1) is 0 Å². The highest BCUT2D eigenvalue weighted by molar-refractivity contribution is 4.32. The number of nitrogens with zero attached hydrogens (tertiary/aromatic N) is 1. The molecule has 0 atom stereocenters. The lowest BCUT2D eigenvalue weighted by atomic mass is 10.4. The molecule has 0 aromatic rings. The van der Waals surface area contributed by atoms with Gasteiger partial charge in [-0.1, -0.05) is 0 Å². The molecule has 0 heterocycles. The molecule has 0 saturated carbocycles. The van der Waals surface area contributed by atoms with Crippen molar-refractivity contribution in [2.24, 2.45) is 11.8 Å². The second-order valence-electron chi connectivity index (χ2n) is 3.12. The minimum absolute atomic E-state index is 0. The van der Waals surface area contributed by atoms with Crippen LogP contribution in [0, 0.1) is 0 Å². The van der Waals surface area contributed by atoms with Crippen LogP contribution in [-0.4, -0.2) is 44.9 Å².